The van der Waals surface area contributed by atoms with Gasteiger partial charge in [0.25, 0.3) is 0 Å². The highest BCUT2D eigenvalue weighted by molar-refractivity contribution is 6.18. The molecule has 0 spiro atoms. The molecule has 1 N–H and O–H groups in total. The number of hydrogen-bond donors (Lipinski definition) is 1. The van der Waals surface area contributed by atoms with Crippen LogP contribution in [0, 0.1) is 0 Å². The van der Waals surface area contributed by atoms with Gasteiger partial charge in [-0.25, -0.2) is 0 Å². The second-order valence-corrected chi connectivity index (χ2v) is 4.95. The van der Waals surface area contributed by atoms with E-state index < -0.39 is 0 Å². The van der Waals surface area contributed by atoms with Gasteiger partial charge in [-0.05, 0) is 36.5 Å². The van der Waals surface area contributed by atoms with Crippen LogP contribution in [0.2, 0.25) is 0 Å². The van der Waals surface area contributed by atoms with E-state index >= 15 is 0 Å². The highest BCUT2D eigenvalue weighted by Crippen LogP contribution is 2.32. The van der Waals surface area contributed by atoms with Crippen LogP contribution in [0.4, 0.5) is 5.69 Å². The van der Waals surface area contributed by atoms with Crippen molar-refractivity contribution < 1.29 is 0 Å². The first-order chi connectivity index (χ1) is 7.90. The van der Waals surface area contributed by atoms with Crippen LogP contribution in [0.1, 0.15) is 43.6 Å². The standard InChI is InChI=1S/C14H20ClN/c15-10-11-16-14-8-6-13(7-9-14)12-4-2-1-3-5-12/h6-9,12,16H,1-5,10-11H2. The fourth-order valence-electron chi connectivity index (χ4n) is 2.50. The van der Waals surface area contributed by atoms with Gasteiger partial charge in [-0.15, -0.1) is 11.6 Å². The fraction of sp³-hybridized carbons (Fsp3) is 0.571. The smallest absolute Gasteiger partial charge is 0.0396 e. The summed E-state index contributed by atoms with van der Waals surface area (Å²) < 4.78 is 0. The van der Waals surface area contributed by atoms with Crippen molar-refractivity contribution in [2.45, 2.75) is 38.0 Å². The summed E-state index contributed by atoms with van der Waals surface area (Å²) in [5, 5.41) is 3.29. The number of anilines is 1. The molecule has 1 fully saturated rings. The second kappa shape index (κ2) is 6.15. The Balaban J connectivity index is 1.95. The minimum absolute atomic E-state index is 0.657. The molecule has 0 radical (unpaired) electrons. The van der Waals surface area contributed by atoms with Crippen molar-refractivity contribution in [3.05, 3.63) is 29.8 Å². The maximum atomic E-state index is 5.64. The molecule has 1 nitrogen and oxygen atoms in total. The minimum atomic E-state index is 0.657. The summed E-state index contributed by atoms with van der Waals surface area (Å²) in [5.74, 6) is 1.46. The Morgan fingerprint density at radius 2 is 1.75 bits per heavy atom. The zero-order chi connectivity index (χ0) is 11.2. The zero-order valence-corrected chi connectivity index (χ0v) is 10.5. The summed E-state index contributed by atoms with van der Waals surface area (Å²) in [4.78, 5) is 0. The van der Waals surface area contributed by atoms with E-state index in [4.69, 9.17) is 11.6 Å². The van der Waals surface area contributed by atoms with Crippen LogP contribution in [0.15, 0.2) is 24.3 Å². The van der Waals surface area contributed by atoms with Gasteiger partial charge in [0.05, 0.1) is 0 Å². The molecule has 0 unspecified atom stereocenters. The number of alkyl halides is 1. The molecule has 0 bridgehead atoms. The average molecular weight is 238 g/mol. The molecule has 88 valence electrons. The molecule has 2 heteroatoms. The Morgan fingerprint density at radius 1 is 1.06 bits per heavy atom. The van der Waals surface area contributed by atoms with E-state index in [9.17, 15) is 0 Å². The van der Waals surface area contributed by atoms with Gasteiger partial charge in [-0.3, -0.25) is 0 Å². The highest BCUT2D eigenvalue weighted by atomic mass is 35.5. The number of nitrogens with one attached hydrogen (secondary N) is 1. The lowest BCUT2D eigenvalue weighted by molar-refractivity contribution is 0.443. The van der Waals surface area contributed by atoms with E-state index in [1.165, 1.54) is 43.4 Å². The molecule has 1 aromatic carbocycles. The third-order valence-corrected chi connectivity index (χ3v) is 3.60. The Morgan fingerprint density at radius 3 is 2.38 bits per heavy atom. The number of benzene rings is 1. The summed E-state index contributed by atoms with van der Waals surface area (Å²) >= 11 is 5.64. The topological polar surface area (TPSA) is 12.0 Å². The fourth-order valence-corrected chi connectivity index (χ4v) is 2.60. The Labute approximate surface area is 103 Å². The van der Waals surface area contributed by atoms with Crippen LogP contribution in [0.25, 0.3) is 0 Å². The molecular formula is C14H20ClN. The normalized spacial score (nSPS) is 17.3. The molecular weight excluding hydrogens is 218 g/mol. The van der Waals surface area contributed by atoms with E-state index in [2.05, 4.69) is 29.6 Å². The van der Waals surface area contributed by atoms with Crippen molar-refractivity contribution >= 4 is 17.3 Å². The monoisotopic (exact) mass is 237 g/mol. The maximum absolute atomic E-state index is 5.64. The van der Waals surface area contributed by atoms with Crippen LogP contribution < -0.4 is 5.32 Å². The molecule has 0 heterocycles. The lowest BCUT2D eigenvalue weighted by atomic mass is 9.84. The number of hydrogen-bond acceptors (Lipinski definition) is 1. The molecule has 16 heavy (non-hydrogen) atoms. The third-order valence-electron chi connectivity index (χ3n) is 3.41. The summed E-state index contributed by atoms with van der Waals surface area (Å²) in [6.07, 6.45) is 6.96. The van der Waals surface area contributed by atoms with E-state index in [-0.39, 0.29) is 0 Å². The molecule has 2 rings (SSSR count). The maximum Gasteiger partial charge on any atom is 0.0396 e. The van der Waals surface area contributed by atoms with Crippen LogP contribution in [0.5, 0.6) is 0 Å². The third kappa shape index (κ3) is 3.15. The van der Waals surface area contributed by atoms with Gasteiger partial charge in [-0.1, -0.05) is 31.4 Å². The SMILES string of the molecule is ClCCNc1ccc(C2CCCCC2)cc1. The Kier molecular flexibility index (Phi) is 4.53. The van der Waals surface area contributed by atoms with Crippen LogP contribution >= 0.6 is 11.6 Å². The second-order valence-electron chi connectivity index (χ2n) is 4.57. The molecule has 1 saturated carbocycles. The first-order valence-electron chi connectivity index (χ1n) is 6.30. The minimum Gasteiger partial charge on any atom is -0.384 e. The lowest BCUT2D eigenvalue weighted by Crippen LogP contribution is -2.05. The van der Waals surface area contributed by atoms with Gasteiger partial charge in [0.1, 0.15) is 0 Å². The predicted molar refractivity (Wildman–Crippen MR) is 71.5 cm³/mol. The van der Waals surface area contributed by atoms with Crippen molar-refractivity contribution in [2.24, 2.45) is 0 Å². The number of halogens is 1. The van der Waals surface area contributed by atoms with E-state index in [0.29, 0.717) is 5.88 Å². The molecule has 1 aliphatic rings. The van der Waals surface area contributed by atoms with Gasteiger partial charge < -0.3 is 5.32 Å². The number of rotatable bonds is 4. The summed E-state index contributed by atoms with van der Waals surface area (Å²) in [6.45, 7) is 0.838. The van der Waals surface area contributed by atoms with Crippen molar-refractivity contribution in [3.8, 4) is 0 Å². The van der Waals surface area contributed by atoms with Crippen molar-refractivity contribution in [1.82, 2.24) is 0 Å². The van der Waals surface area contributed by atoms with Crippen molar-refractivity contribution in [1.29, 1.82) is 0 Å². The molecule has 1 aromatic rings. The van der Waals surface area contributed by atoms with Crippen LogP contribution in [0.3, 0.4) is 0 Å². The molecule has 1 aliphatic carbocycles. The Hall–Kier alpha value is -0.690. The van der Waals surface area contributed by atoms with E-state index in [1.54, 1.807) is 0 Å². The zero-order valence-electron chi connectivity index (χ0n) is 9.71. The molecule has 0 aliphatic heterocycles. The van der Waals surface area contributed by atoms with Gasteiger partial charge in [0, 0.05) is 18.1 Å². The van der Waals surface area contributed by atoms with Gasteiger partial charge in [-0.2, -0.15) is 0 Å². The Bertz CT molecular complexity index is 301. The largest absolute Gasteiger partial charge is 0.384 e. The highest BCUT2D eigenvalue weighted by Gasteiger charge is 2.14. The lowest BCUT2D eigenvalue weighted by Gasteiger charge is -2.22. The van der Waals surface area contributed by atoms with Gasteiger partial charge in [0.15, 0.2) is 0 Å². The quantitative estimate of drug-likeness (QED) is 0.767. The molecule has 0 atom stereocenters. The van der Waals surface area contributed by atoms with Crippen LogP contribution in [-0.4, -0.2) is 12.4 Å². The molecule has 0 aromatic heterocycles. The molecule has 0 amide bonds. The summed E-state index contributed by atoms with van der Waals surface area (Å²) in [6, 6.07) is 8.89. The first-order valence-corrected chi connectivity index (χ1v) is 6.83. The molecule has 0 saturated heterocycles. The average Bonchev–Trinajstić information content (AvgIpc) is 2.38. The first kappa shape index (κ1) is 11.8. The van der Waals surface area contributed by atoms with Crippen molar-refractivity contribution in [2.75, 3.05) is 17.7 Å². The van der Waals surface area contributed by atoms with Gasteiger partial charge >= 0.3 is 0 Å². The van der Waals surface area contributed by atoms with Crippen molar-refractivity contribution in [3.63, 3.8) is 0 Å². The summed E-state index contributed by atoms with van der Waals surface area (Å²) in [7, 11) is 0. The van der Waals surface area contributed by atoms with Gasteiger partial charge in [0.2, 0.25) is 0 Å². The summed E-state index contributed by atoms with van der Waals surface area (Å²) in [5.41, 5.74) is 2.69. The van der Waals surface area contributed by atoms with Crippen LogP contribution in [-0.2, 0) is 0 Å². The van der Waals surface area contributed by atoms with E-state index in [1.807, 2.05) is 0 Å². The predicted octanol–water partition coefficient (Wildman–Crippen LogP) is 4.39. The van der Waals surface area contributed by atoms with E-state index in [0.717, 1.165) is 12.5 Å².